The Balaban J connectivity index is 1.41. The number of para-hydroxylation sites is 2. The molecule has 1 aromatic carbocycles. The summed E-state index contributed by atoms with van der Waals surface area (Å²) in [7, 11) is 0. The lowest BCUT2D eigenvalue weighted by Gasteiger charge is -2.09. The molecule has 5 aromatic rings. The van der Waals surface area contributed by atoms with Crippen molar-refractivity contribution in [1.29, 1.82) is 0 Å². The molecule has 0 saturated carbocycles. The third-order valence-electron chi connectivity index (χ3n) is 4.67. The van der Waals surface area contributed by atoms with Crippen molar-refractivity contribution < 1.29 is 9.21 Å². The first-order chi connectivity index (χ1) is 14.8. The van der Waals surface area contributed by atoms with E-state index >= 15 is 0 Å². The predicted octanol–water partition coefficient (Wildman–Crippen LogP) is 4.64. The maximum Gasteiger partial charge on any atom is 0.277 e. The second-order valence-corrected chi connectivity index (χ2v) is 7.47. The second-order valence-electron chi connectivity index (χ2n) is 6.62. The number of aryl methyl sites for hydroxylation is 2. The number of pyridine rings is 1. The van der Waals surface area contributed by atoms with Crippen molar-refractivity contribution in [3.8, 4) is 10.8 Å². The fraction of sp³-hybridized carbons (Fsp3) is 0.0909. The van der Waals surface area contributed by atoms with Crippen molar-refractivity contribution in [3.05, 3.63) is 83.8 Å². The average molecular weight is 415 g/mol. The summed E-state index contributed by atoms with van der Waals surface area (Å²) in [6.45, 7) is 0.641. The molecule has 0 fully saturated rings. The van der Waals surface area contributed by atoms with Crippen molar-refractivity contribution >= 4 is 34.2 Å². The molecule has 4 heterocycles. The van der Waals surface area contributed by atoms with Gasteiger partial charge >= 0.3 is 0 Å². The normalized spacial score (nSPS) is 11.1. The van der Waals surface area contributed by atoms with Gasteiger partial charge in [-0.2, -0.15) is 0 Å². The van der Waals surface area contributed by atoms with Gasteiger partial charge in [-0.25, -0.2) is 9.97 Å². The highest BCUT2D eigenvalue weighted by Crippen LogP contribution is 2.25. The second kappa shape index (κ2) is 7.92. The highest BCUT2D eigenvalue weighted by molar-refractivity contribution is 7.13. The Labute approximate surface area is 176 Å². The highest BCUT2D eigenvalue weighted by Gasteiger charge is 2.17. The number of carbonyl (C=O) groups is 1. The largest absolute Gasteiger partial charge is 0.462 e. The van der Waals surface area contributed by atoms with Crippen LogP contribution in [0.2, 0.25) is 0 Å². The molecule has 0 radical (unpaired) electrons. The minimum Gasteiger partial charge on any atom is -0.462 e. The van der Waals surface area contributed by atoms with Gasteiger partial charge in [0.25, 0.3) is 5.91 Å². The van der Waals surface area contributed by atoms with Crippen molar-refractivity contribution in [2.24, 2.45) is 0 Å². The van der Waals surface area contributed by atoms with Gasteiger partial charge in [-0.3, -0.25) is 15.1 Å². The molecule has 0 bridgehead atoms. The molecule has 7 nitrogen and oxygen atoms in total. The third-order valence-corrected chi connectivity index (χ3v) is 5.52. The summed E-state index contributed by atoms with van der Waals surface area (Å²) >= 11 is 1.36. The zero-order chi connectivity index (χ0) is 20.3. The molecule has 8 heteroatoms. The number of benzene rings is 1. The summed E-state index contributed by atoms with van der Waals surface area (Å²) < 4.78 is 7.36. The van der Waals surface area contributed by atoms with Crippen LogP contribution in [0.1, 0.15) is 16.2 Å². The topological polar surface area (TPSA) is 85.8 Å². The monoisotopic (exact) mass is 415 g/mol. The number of anilines is 1. The Morgan fingerprint density at radius 3 is 2.80 bits per heavy atom. The van der Waals surface area contributed by atoms with Gasteiger partial charge in [0, 0.05) is 30.2 Å². The van der Waals surface area contributed by atoms with Crippen LogP contribution in [0.5, 0.6) is 0 Å². The molecule has 0 spiro atoms. The van der Waals surface area contributed by atoms with E-state index < -0.39 is 0 Å². The lowest BCUT2D eigenvalue weighted by Crippen LogP contribution is -2.17. The van der Waals surface area contributed by atoms with Gasteiger partial charge in [-0.1, -0.05) is 18.2 Å². The number of rotatable bonds is 6. The van der Waals surface area contributed by atoms with E-state index in [1.807, 2.05) is 53.1 Å². The number of thiazole rings is 1. The molecule has 5 rings (SSSR count). The van der Waals surface area contributed by atoms with E-state index in [1.165, 1.54) is 11.3 Å². The smallest absolute Gasteiger partial charge is 0.277 e. The van der Waals surface area contributed by atoms with E-state index in [1.54, 1.807) is 23.9 Å². The maximum absolute atomic E-state index is 12.8. The molecule has 1 amide bonds. The van der Waals surface area contributed by atoms with E-state index in [-0.39, 0.29) is 5.91 Å². The van der Waals surface area contributed by atoms with Gasteiger partial charge in [-0.15, -0.1) is 11.3 Å². The molecule has 0 atom stereocenters. The van der Waals surface area contributed by atoms with Crippen LogP contribution in [0.4, 0.5) is 5.95 Å². The van der Waals surface area contributed by atoms with E-state index in [0.29, 0.717) is 29.0 Å². The van der Waals surface area contributed by atoms with Crippen LogP contribution >= 0.6 is 11.3 Å². The molecule has 0 saturated heterocycles. The first-order valence-electron chi connectivity index (χ1n) is 9.44. The fourth-order valence-corrected chi connectivity index (χ4v) is 3.99. The van der Waals surface area contributed by atoms with Gasteiger partial charge in [0.1, 0.15) is 5.69 Å². The summed E-state index contributed by atoms with van der Waals surface area (Å²) in [6.07, 6.45) is 4.09. The molecule has 0 aliphatic heterocycles. The highest BCUT2D eigenvalue weighted by atomic mass is 32.1. The first kappa shape index (κ1) is 18.3. The molecule has 4 aromatic heterocycles. The summed E-state index contributed by atoms with van der Waals surface area (Å²) in [5.41, 5.74) is 3.09. The molecule has 0 unspecified atom stereocenters. The van der Waals surface area contributed by atoms with E-state index in [4.69, 9.17) is 4.42 Å². The maximum atomic E-state index is 12.8. The van der Waals surface area contributed by atoms with Crippen LogP contribution in [-0.4, -0.2) is 25.4 Å². The Bertz CT molecular complexity index is 1290. The van der Waals surface area contributed by atoms with Crippen LogP contribution < -0.4 is 5.32 Å². The third kappa shape index (κ3) is 3.60. The van der Waals surface area contributed by atoms with Gasteiger partial charge in [-0.05, 0) is 36.4 Å². The van der Waals surface area contributed by atoms with Crippen molar-refractivity contribution in [1.82, 2.24) is 19.5 Å². The Hall–Kier alpha value is -3.78. The zero-order valence-electron chi connectivity index (χ0n) is 15.9. The van der Waals surface area contributed by atoms with Crippen LogP contribution in [0.3, 0.4) is 0 Å². The Morgan fingerprint density at radius 1 is 1.07 bits per heavy atom. The number of fused-ring (bicyclic) bond motifs is 1. The van der Waals surface area contributed by atoms with Gasteiger partial charge in [0.05, 0.1) is 17.3 Å². The molecular formula is C22H17N5O2S. The minimum atomic E-state index is -0.307. The standard InChI is InChI=1S/C22H17N5O2S/c28-20(17-14-30-21(24-17)19-9-5-13-29-19)26-22-25-16-7-1-2-8-18(16)27(22)12-10-15-6-3-4-11-23-15/h1-9,11,13-14H,10,12H2,(H,25,26,28). The van der Waals surface area contributed by atoms with E-state index in [0.717, 1.165) is 23.1 Å². The van der Waals surface area contributed by atoms with Crippen LogP contribution in [0.25, 0.3) is 21.8 Å². The summed E-state index contributed by atoms with van der Waals surface area (Å²) in [6, 6.07) is 17.3. The van der Waals surface area contributed by atoms with Crippen LogP contribution in [-0.2, 0) is 13.0 Å². The quantitative estimate of drug-likeness (QED) is 0.437. The van der Waals surface area contributed by atoms with Crippen molar-refractivity contribution in [2.45, 2.75) is 13.0 Å². The number of hydrogen-bond acceptors (Lipinski definition) is 6. The molecule has 148 valence electrons. The number of aromatic nitrogens is 4. The van der Waals surface area contributed by atoms with Crippen LogP contribution in [0, 0.1) is 0 Å². The summed E-state index contributed by atoms with van der Waals surface area (Å²) in [5, 5.41) is 5.29. The Morgan fingerprint density at radius 2 is 1.97 bits per heavy atom. The fourth-order valence-electron chi connectivity index (χ4n) is 3.23. The predicted molar refractivity (Wildman–Crippen MR) is 115 cm³/mol. The summed E-state index contributed by atoms with van der Waals surface area (Å²) in [4.78, 5) is 26.2. The number of amides is 1. The first-order valence-corrected chi connectivity index (χ1v) is 10.3. The number of imidazole rings is 1. The molecular weight excluding hydrogens is 398 g/mol. The van der Waals surface area contributed by atoms with Gasteiger partial charge in [0.2, 0.25) is 5.95 Å². The SMILES string of the molecule is O=C(Nc1nc2ccccc2n1CCc1ccccn1)c1csc(-c2ccco2)n1. The molecule has 30 heavy (non-hydrogen) atoms. The van der Waals surface area contributed by atoms with Crippen molar-refractivity contribution in [3.63, 3.8) is 0 Å². The van der Waals surface area contributed by atoms with Crippen molar-refractivity contribution in [2.75, 3.05) is 5.32 Å². The van der Waals surface area contributed by atoms with Crippen LogP contribution in [0.15, 0.2) is 76.9 Å². The average Bonchev–Trinajstić information content (AvgIpc) is 3.52. The number of nitrogens with one attached hydrogen (secondary N) is 1. The zero-order valence-corrected chi connectivity index (χ0v) is 16.7. The molecule has 0 aliphatic carbocycles. The van der Waals surface area contributed by atoms with E-state index in [2.05, 4.69) is 20.3 Å². The lowest BCUT2D eigenvalue weighted by atomic mass is 10.2. The number of hydrogen-bond donors (Lipinski definition) is 1. The lowest BCUT2D eigenvalue weighted by molar-refractivity contribution is 0.102. The molecule has 1 N–H and O–H groups in total. The Kier molecular flexibility index (Phi) is 4.82. The van der Waals surface area contributed by atoms with Gasteiger partial charge in [0.15, 0.2) is 10.8 Å². The summed E-state index contributed by atoms with van der Waals surface area (Å²) in [5.74, 6) is 0.824. The minimum absolute atomic E-state index is 0.307. The number of nitrogens with zero attached hydrogens (tertiary/aromatic N) is 4. The number of furan rings is 1. The van der Waals surface area contributed by atoms with E-state index in [9.17, 15) is 4.79 Å². The number of carbonyl (C=O) groups excluding carboxylic acids is 1. The molecule has 0 aliphatic rings. The van der Waals surface area contributed by atoms with Gasteiger partial charge < -0.3 is 8.98 Å².